The van der Waals surface area contributed by atoms with Crippen LogP contribution in [0.5, 0.6) is 0 Å². The average Bonchev–Trinajstić information content (AvgIpc) is 2.30. The predicted molar refractivity (Wildman–Crippen MR) is 69.5 cm³/mol. The van der Waals surface area contributed by atoms with Crippen molar-refractivity contribution in [3.8, 4) is 12.3 Å². The van der Waals surface area contributed by atoms with Gasteiger partial charge in [-0.05, 0) is 38.0 Å². The number of unbranched alkanes of at least 4 members (excludes halogenated alkanes) is 1. The lowest BCUT2D eigenvalue weighted by molar-refractivity contribution is -0.883. The molecule has 0 radical (unpaired) electrons. The fourth-order valence-electron chi connectivity index (χ4n) is 2.03. The highest BCUT2D eigenvalue weighted by molar-refractivity contribution is 4.83. The van der Waals surface area contributed by atoms with E-state index in [-0.39, 0.29) is 6.29 Å². The van der Waals surface area contributed by atoms with E-state index in [4.69, 9.17) is 15.9 Å². The normalized spacial score (nSPS) is 21.1. The van der Waals surface area contributed by atoms with Gasteiger partial charge in [0, 0.05) is 13.2 Å². The zero-order valence-electron chi connectivity index (χ0n) is 11.3. The fourth-order valence-corrected chi connectivity index (χ4v) is 2.03. The molecule has 1 saturated heterocycles. The summed E-state index contributed by atoms with van der Waals surface area (Å²) < 4.78 is 12.1. The molecular formula is C14H26NO2+. The van der Waals surface area contributed by atoms with Gasteiger partial charge in [-0.2, -0.15) is 0 Å². The first kappa shape index (κ1) is 14.5. The number of ether oxygens (including phenoxy) is 2. The van der Waals surface area contributed by atoms with E-state index in [1.165, 1.54) is 12.8 Å². The molecule has 1 atom stereocenters. The molecule has 0 N–H and O–H groups in total. The average molecular weight is 240 g/mol. The highest BCUT2D eigenvalue weighted by Gasteiger charge is 2.15. The van der Waals surface area contributed by atoms with Crippen molar-refractivity contribution in [2.75, 3.05) is 40.4 Å². The molecule has 1 aliphatic heterocycles. The zero-order chi connectivity index (χ0) is 12.6. The van der Waals surface area contributed by atoms with E-state index < -0.39 is 0 Å². The molecule has 3 heteroatoms. The maximum Gasteiger partial charge on any atom is 0.157 e. The summed E-state index contributed by atoms with van der Waals surface area (Å²) >= 11 is 0. The molecule has 1 fully saturated rings. The molecule has 1 unspecified atom stereocenters. The minimum absolute atomic E-state index is 0.0527. The van der Waals surface area contributed by atoms with E-state index in [1.807, 2.05) is 0 Å². The molecule has 1 heterocycles. The van der Waals surface area contributed by atoms with E-state index >= 15 is 0 Å². The van der Waals surface area contributed by atoms with Gasteiger partial charge in [0.2, 0.25) is 0 Å². The standard InChI is InChI=1S/C14H26NO2/c1-4-10-15(2,3)11-6-8-13-17-14-9-5-7-12-16-14/h1,14H,5-13H2,2-3H3/q+1. The molecule has 0 bridgehead atoms. The molecule has 17 heavy (non-hydrogen) atoms. The summed E-state index contributed by atoms with van der Waals surface area (Å²) in [5.74, 6) is 2.72. The molecule has 0 aromatic heterocycles. The first-order chi connectivity index (χ1) is 8.14. The van der Waals surface area contributed by atoms with Gasteiger partial charge in [-0.1, -0.05) is 0 Å². The van der Waals surface area contributed by atoms with Crippen LogP contribution in [0.1, 0.15) is 32.1 Å². The maximum absolute atomic E-state index is 5.69. The van der Waals surface area contributed by atoms with Gasteiger partial charge in [0.25, 0.3) is 0 Å². The molecule has 1 aliphatic rings. The van der Waals surface area contributed by atoms with Gasteiger partial charge in [-0.25, -0.2) is 0 Å². The third kappa shape index (κ3) is 6.68. The Hall–Kier alpha value is -0.560. The van der Waals surface area contributed by atoms with Crippen molar-refractivity contribution in [2.24, 2.45) is 0 Å². The molecule has 0 aliphatic carbocycles. The number of hydrogen-bond donors (Lipinski definition) is 0. The van der Waals surface area contributed by atoms with Gasteiger partial charge in [0.1, 0.15) is 6.54 Å². The Kier molecular flexibility index (Phi) is 6.57. The second-order valence-electron chi connectivity index (χ2n) is 5.40. The van der Waals surface area contributed by atoms with Crippen molar-refractivity contribution >= 4 is 0 Å². The molecule has 0 aromatic rings. The van der Waals surface area contributed by atoms with Gasteiger partial charge in [0.05, 0.1) is 20.6 Å². The van der Waals surface area contributed by atoms with Gasteiger partial charge in [0.15, 0.2) is 6.29 Å². The Labute approximate surface area is 106 Å². The first-order valence-electron chi connectivity index (χ1n) is 6.63. The Morgan fingerprint density at radius 1 is 1.35 bits per heavy atom. The molecule has 0 amide bonds. The van der Waals surface area contributed by atoms with E-state index in [0.717, 1.165) is 50.0 Å². The highest BCUT2D eigenvalue weighted by Crippen LogP contribution is 2.14. The highest BCUT2D eigenvalue weighted by atomic mass is 16.7. The Balaban J connectivity index is 1.98. The van der Waals surface area contributed by atoms with Crippen LogP contribution in [0.25, 0.3) is 0 Å². The fraction of sp³-hybridized carbons (Fsp3) is 0.857. The van der Waals surface area contributed by atoms with Crippen molar-refractivity contribution < 1.29 is 14.0 Å². The molecule has 3 nitrogen and oxygen atoms in total. The number of hydrogen-bond acceptors (Lipinski definition) is 2. The monoisotopic (exact) mass is 240 g/mol. The lowest BCUT2D eigenvalue weighted by Gasteiger charge is -2.27. The van der Waals surface area contributed by atoms with E-state index in [0.29, 0.717) is 0 Å². The van der Waals surface area contributed by atoms with Crippen LogP contribution >= 0.6 is 0 Å². The lowest BCUT2D eigenvalue weighted by Crippen LogP contribution is -2.40. The van der Waals surface area contributed by atoms with Crippen LogP contribution in [0.15, 0.2) is 0 Å². The minimum Gasteiger partial charge on any atom is -0.353 e. The lowest BCUT2D eigenvalue weighted by atomic mass is 10.2. The summed E-state index contributed by atoms with van der Waals surface area (Å²) in [5.41, 5.74) is 0. The van der Waals surface area contributed by atoms with E-state index in [9.17, 15) is 0 Å². The smallest absolute Gasteiger partial charge is 0.157 e. The van der Waals surface area contributed by atoms with E-state index in [1.54, 1.807) is 0 Å². The summed E-state index contributed by atoms with van der Waals surface area (Å²) in [4.78, 5) is 0. The Morgan fingerprint density at radius 3 is 2.82 bits per heavy atom. The summed E-state index contributed by atoms with van der Waals surface area (Å²) in [5, 5.41) is 0. The number of terminal acetylenes is 1. The van der Waals surface area contributed by atoms with Crippen LogP contribution in [-0.4, -0.2) is 51.2 Å². The van der Waals surface area contributed by atoms with Crippen LogP contribution in [0.4, 0.5) is 0 Å². The maximum atomic E-state index is 5.69. The van der Waals surface area contributed by atoms with Crippen LogP contribution < -0.4 is 0 Å². The third-order valence-electron chi connectivity index (χ3n) is 3.12. The molecule has 0 spiro atoms. The third-order valence-corrected chi connectivity index (χ3v) is 3.12. The quantitative estimate of drug-likeness (QED) is 0.385. The second-order valence-corrected chi connectivity index (χ2v) is 5.40. The SMILES string of the molecule is C#CC[N+](C)(C)CCCCOC1CCCCO1. The van der Waals surface area contributed by atoms with Crippen molar-refractivity contribution in [2.45, 2.75) is 38.4 Å². The van der Waals surface area contributed by atoms with Crippen LogP contribution in [0, 0.1) is 12.3 Å². The largest absolute Gasteiger partial charge is 0.353 e. The molecule has 0 aromatic carbocycles. The molecule has 1 rings (SSSR count). The molecular weight excluding hydrogens is 214 g/mol. The second kappa shape index (κ2) is 7.71. The predicted octanol–water partition coefficient (Wildman–Crippen LogP) is 2.02. The molecule has 0 saturated carbocycles. The Bertz CT molecular complexity index is 239. The van der Waals surface area contributed by atoms with Gasteiger partial charge < -0.3 is 14.0 Å². The number of quaternary nitrogens is 1. The molecule has 98 valence electrons. The van der Waals surface area contributed by atoms with Gasteiger partial charge in [-0.15, -0.1) is 6.42 Å². The Morgan fingerprint density at radius 2 is 2.18 bits per heavy atom. The minimum atomic E-state index is 0.0527. The van der Waals surface area contributed by atoms with Gasteiger partial charge in [-0.3, -0.25) is 0 Å². The zero-order valence-corrected chi connectivity index (χ0v) is 11.3. The first-order valence-corrected chi connectivity index (χ1v) is 6.63. The van der Waals surface area contributed by atoms with Crippen molar-refractivity contribution in [1.29, 1.82) is 0 Å². The van der Waals surface area contributed by atoms with Crippen LogP contribution in [0.2, 0.25) is 0 Å². The topological polar surface area (TPSA) is 18.5 Å². The van der Waals surface area contributed by atoms with Crippen molar-refractivity contribution in [3.05, 3.63) is 0 Å². The number of rotatable bonds is 7. The summed E-state index contributed by atoms with van der Waals surface area (Å²) in [6, 6.07) is 0. The van der Waals surface area contributed by atoms with Crippen molar-refractivity contribution in [1.82, 2.24) is 0 Å². The van der Waals surface area contributed by atoms with Crippen LogP contribution in [-0.2, 0) is 9.47 Å². The van der Waals surface area contributed by atoms with Gasteiger partial charge >= 0.3 is 0 Å². The van der Waals surface area contributed by atoms with E-state index in [2.05, 4.69) is 20.0 Å². The number of nitrogens with zero attached hydrogens (tertiary/aromatic N) is 1. The van der Waals surface area contributed by atoms with Crippen molar-refractivity contribution in [3.63, 3.8) is 0 Å². The summed E-state index contributed by atoms with van der Waals surface area (Å²) in [6.45, 7) is 3.57. The van der Waals surface area contributed by atoms with Crippen LogP contribution in [0.3, 0.4) is 0 Å². The summed E-state index contributed by atoms with van der Waals surface area (Å²) in [6.07, 6.45) is 11.1. The summed E-state index contributed by atoms with van der Waals surface area (Å²) in [7, 11) is 4.34.